The molecule has 0 aromatic heterocycles. The van der Waals surface area contributed by atoms with Crippen molar-refractivity contribution in [1.29, 1.82) is 0 Å². The van der Waals surface area contributed by atoms with Crippen LogP contribution in [0.2, 0.25) is 15.1 Å². The van der Waals surface area contributed by atoms with Crippen LogP contribution >= 0.6 is 50.7 Å². The molecule has 6 heteroatoms. The van der Waals surface area contributed by atoms with Crippen molar-refractivity contribution in [2.75, 3.05) is 14.2 Å². The van der Waals surface area contributed by atoms with Crippen molar-refractivity contribution >= 4 is 50.7 Å². The zero-order valence-corrected chi connectivity index (χ0v) is 15.2. The van der Waals surface area contributed by atoms with Crippen molar-refractivity contribution in [2.24, 2.45) is 0 Å². The molecule has 0 bridgehead atoms. The highest BCUT2D eigenvalue weighted by Crippen LogP contribution is 2.39. The minimum atomic E-state index is -0.121. The highest BCUT2D eigenvalue weighted by atomic mass is 79.9. The molecule has 0 heterocycles. The third-order valence-corrected chi connectivity index (χ3v) is 4.66. The second-order valence-electron chi connectivity index (χ2n) is 4.41. The predicted octanol–water partition coefficient (Wildman–Crippen LogP) is 5.73. The SMILES string of the molecule is CNC(c1ccc(Cl)c(Cl)c1)c1cc(Cl)cc(Br)c1OC. The summed E-state index contributed by atoms with van der Waals surface area (Å²) in [4.78, 5) is 0. The Hall–Kier alpha value is -0.450. The molecule has 0 aliphatic carbocycles. The summed E-state index contributed by atoms with van der Waals surface area (Å²) in [6, 6.07) is 9.07. The summed E-state index contributed by atoms with van der Waals surface area (Å²) >= 11 is 21.7. The Bertz CT molecular complexity index is 664. The summed E-state index contributed by atoms with van der Waals surface area (Å²) in [7, 11) is 3.49. The van der Waals surface area contributed by atoms with Gasteiger partial charge in [0.2, 0.25) is 0 Å². The fraction of sp³-hybridized carbons (Fsp3) is 0.200. The Kier molecular flexibility index (Phi) is 5.81. The summed E-state index contributed by atoms with van der Waals surface area (Å²) < 4.78 is 6.28. The average molecular weight is 410 g/mol. The normalized spacial score (nSPS) is 12.3. The van der Waals surface area contributed by atoms with Gasteiger partial charge in [-0.05, 0) is 52.8 Å². The third kappa shape index (κ3) is 3.66. The first-order valence-corrected chi connectivity index (χ1v) is 8.05. The van der Waals surface area contributed by atoms with E-state index in [1.54, 1.807) is 19.2 Å². The van der Waals surface area contributed by atoms with Crippen LogP contribution in [-0.4, -0.2) is 14.2 Å². The quantitative estimate of drug-likeness (QED) is 0.697. The van der Waals surface area contributed by atoms with E-state index in [1.807, 2.05) is 25.2 Å². The van der Waals surface area contributed by atoms with Crippen LogP contribution in [0.5, 0.6) is 5.75 Å². The van der Waals surface area contributed by atoms with Gasteiger partial charge in [-0.25, -0.2) is 0 Å². The molecule has 0 amide bonds. The van der Waals surface area contributed by atoms with E-state index in [0.717, 1.165) is 21.3 Å². The van der Waals surface area contributed by atoms with Crippen LogP contribution in [0.25, 0.3) is 0 Å². The molecule has 1 N–H and O–H groups in total. The molecule has 0 saturated carbocycles. The maximum atomic E-state index is 6.16. The molecule has 0 aliphatic rings. The highest BCUT2D eigenvalue weighted by molar-refractivity contribution is 9.10. The summed E-state index contributed by atoms with van der Waals surface area (Å²) in [5.74, 6) is 0.727. The molecule has 2 rings (SSSR count). The van der Waals surface area contributed by atoms with Crippen LogP contribution < -0.4 is 10.1 Å². The van der Waals surface area contributed by atoms with E-state index in [0.29, 0.717) is 15.1 Å². The number of ether oxygens (including phenoxy) is 1. The third-order valence-electron chi connectivity index (χ3n) is 3.12. The summed E-state index contributed by atoms with van der Waals surface area (Å²) in [6.07, 6.45) is 0. The van der Waals surface area contributed by atoms with E-state index in [-0.39, 0.29) is 6.04 Å². The number of methoxy groups -OCH3 is 1. The first-order valence-electron chi connectivity index (χ1n) is 6.13. The van der Waals surface area contributed by atoms with Gasteiger partial charge < -0.3 is 10.1 Å². The van der Waals surface area contributed by atoms with Gasteiger partial charge in [0.15, 0.2) is 0 Å². The standard InChI is InChI=1S/C15H13BrCl3NO/c1-20-14(8-3-4-12(18)13(19)5-8)10-6-9(17)7-11(16)15(10)21-2/h3-7,14,20H,1-2H3. The van der Waals surface area contributed by atoms with E-state index in [1.165, 1.54) is 0 Å². The fourth-order valence-corrected chi connectivity index (χ4v) is 3.51. The largest absolute Gasteiger partial charge is 0.495 e. The Balaban J connectivity index is 2.58. The maximum Gasteiger partial charge on any atom is 0.138 e. The molecule has 2 nitrogen and oxygen atoms in total. The number of hydrogen-bond donors (Lipinski definition) is 1. The van der Waals surface area contributed by atoms with Gasteiger partial charge in [0.25, 0.3) is 0 Å². The lowest BCUT2D eigenvalue weighted by Gasteiger charge is -2.21. The van der Waals surface area contributed by atoms with Gasteiger partial charge in [-0.1, -0.05) is 40.9 Å². The molecular formula is C15H13BrCl3NO. The van der Waals surface area contributed by atoms with Gasteiger partial charge in [0, 0.05) is 10.6 Å². The second kappa shape index (κ2) is 7.21. The second-order valence-corrected chi connectivity index (χ2v) is 6.51. The maximum absolute atomic E-state index is 6.16. The number of hydrogen-bond acceptors (Lipinski definition) is 2. The molecule has 0 aliphatic heterocycles. The van der Waals surface area contributed by atoms with E-state index in [2.05, 4.69) is 21.2 Å². The molecule has 0 fully saturated rings. The molecule has 2 aromatic carbocycles. The number of nitrogens with one attached hydrogen (secondary N) is 1. The molecule has 0 radical (unpaired) electrons. The predicted molar refractivity (Wildman–Crippen MR) is 93.1 cm³/mol. The summed E-state index contributed by atoms with van der Waals surface area (Å²) in [5, 5.41) is 4.90. The molecule has 112 valence electrons. The summed E-state index contributed by atoms with van der Waals surface area (Å²) in [5.41, 5.74) is 1.89. The molecule has 2 aromatic rings. The zero-order chi connectivity index (χ0) is 15.6. The van der Waals surface area contributed by atoms with Crippen LogP contribution in [0.15, 0.2) is 34.8 Å². The molecule has 0 spiro atoms. The lowest BCUT2D eigenvalue weighted by molar-refractivity contribution is 0.403. The smallest absolute Gasteiger partial charge is 0.138 e. The highest BCUT2D eigenvalue weighted by Gasteiger charge is 2.20. The Labute approximate surface area is 147 Å². The molecule has 1 unspecified atom stereocenters. The van der Waals surface area contributed by atoms with Crippen LogP contribution in [0.1, 0.15) is 17.2 Å². The van der Waals surface area contributed by atoms with Crippen LogP contribution in [0.3, 0.4) is 0 Å². The van der Waals surface area contributed by atoms with Gasteiger partial charge >= 0.3 is 0 Å². The average Bonchev–Trinajstić information content (AvgIpc) is 2.43. The van der Waals surface area contributed by atoms with Crippen LogP contribution in [0, 0.1) is 0 Å². The van der Waals surface area contributed by atoms with Crippen molar-refractivity contribution in [3.05, 3.63) is 61.0 Å². The van der Waals surface area contributed by atoms with Crippen LogP contribution in [-0.2, 0) is 0 Å². The van der Waals surface area contributed by atoms with Gasteiger partial charge in [-0.2, -0.15) is 0 Å². The lowest BCUT2D eigenvalue weighted by Crippen LogP contribution is -2.18. The van der Waals surface area contributed by atoms with Crippen molar-refractivity contribution < 1.29 is 4.74 Å². The molecular weight excluding hydrogens is 396 g/mol. The van der Waals surface area contributed by atoms with Crippen molar-refractivity contribution in [3.8, 4) is 5.75 Å². The van der Waals surface area contributed by atoms with E-state index >= 15 is 0 Å². The lowest BCUT2D eigenvalue weighted by atomic mass is 9.98. The topological polar surface area (TPSA) is 21.3 Å². The monoisotopic (exact) mass is 407 g/mol. The van der Waals surface area contributed by atoms with Gasteiger partial charge in [-0.15, -0.1) is 0 Å². The van der Waals surface area contributed by atoms with E-state index in [9.17, 15) is 0 Å². The van der Waals surface area contributed by atoms with Gasteiger partial charge in [-0.3, -0.25) is 0 Å². The number of halogens is 4. The molecule has 21 heavy (non-hydrogen) atoms. The fourth-order valence-electron chi connectivity index (χ4n) is 2.20. The minimum absolute atomic E-state index is 0.121. The first-order chi connectivity index (χ1) is 9.97. The zero-order valence-electron chi connectivity index (χ0n) is 11.4. The molecule has 0 saturated heterocycles. The Morgan fingerprint density at radius 1 is 1.10 bits per heavy atom. The summed E-state index contributed by atoms with van der Waals surface area (Å²) in [6.45, 7) is 0. The Morgan fingerprint density at radius 3 is 2.38 bits per heavy atom. The van der Waals surface area contributed by atoms with Crippen molar-refractivity contribution in [2.45, 2.75) is 6.04 Å². The van der Waals surface area contributed by atoms with Gasteiger partial charge in [0.1, 0.15) is 5.75 Å². The minimum Gasteiger partial charge on any atom is -0.495 e. The number of benzene rings is 2. The van der Waals surface area contributed by atoms with Crippen molar-refractivity contribution in [3.63, 3.8) is 0 Å². The first kappa shape index (κ1) is 16.9. The van der Waals surface area contributed by atoms with Gasteiger partial charge in [0.05, 0.1) is 27.7 Å². The van der Waals surface area contributed by atoms with E-state index in [4.69, 9.17) is 39.5 Å². The number of rotatable bonds is 4. The molecule has 1 atom stereocenters. The Morgan fingerprint density at radius 2 is 1.81 bits per heavy atom. The van der Waals surface area contributed by atoms with Crippen molar-refractivity contribution in [1.82, 2.24) is 5.32 Å². The van der Waals surface area contributed by atoms with Crippen LogP contribution in [0.4, 0.5) is 0 Å². The van der Waals surface area contributed by atoms with E-state index < -0.39 is 0 Å².